The molecule has 0 atom stereocenters. The number of carbonyl (C=O) groups excluding carboxylic acids is 1. The van der Waals surface area contributed by atoms with E-state index in [0.717, 1.165) is 17.7 Å². The second kappa shape index (κ2) is 5.31. The van der Waals surface area contributed by atoms with E-state index in [4.69, 9.17) is 27.9 Å². The van der Waals surface area contributed by atoms with Gasteiger partial charge in [0.2, 0.25) is 0 Å². The number of carbonyl (C=O) groups is 1. The van der Waals surface area contributed by atoms with E-state index in [-0.39, 0.29) is 15.9 Å². The molecular formula is C14H10Cl2N2O2. The summed E-state index contributed by atoms with van der Waals surface area (Å²) in [5.74, 6) is 0.471. The standard InChI is InChI=1S/C14H10Cl2N2O2/c15-10-2-4-12(16)18-13(10)14(19)17-9-1-3-11-8(7-9)5-6-20-11/h1-4,7H,5-6H2,(H,17,19). The van der Waals surface area contributed by atoms with Crippen molar-refractivity contribution in [2.24, 2.45) is 0 Å². The lowest BCUT2D eigenvalue weighted by atomic mass is 10.1. The second-order valence-electron chi connectivity index (χ2n) is 4.34. The highest BCUT2D eigenvalue weighted by Crippen LogP contribution is 2.28. The van der Waals surface area contributed by atoms with Crippen molar-refractivity contribution < 1.29 is 9.53 Å². The number of halogens is 2. The van der Waals surface area contributed by atoms with Gasteiger partial charge < -0.3 is 10.1 Å². The maximum atomic E-state index is 12.1. The molecule has 6 heteroatoms. The van der Waals surface area contributed by atoms with E-state index in [0.29, 0.717) is 12.3 Å². The van der Waals surface area contributed by atoms with Gasteiger partial charge in [-0.25, -0.2) is 4.98 Å². The number of rotatable bonds is 2. The number of benzene rings is 1. The van der Waals surface area contributed by atoms with Gasteiger partial charge in [0.1, 0.15) is 16.6 Å². The van der Waals surface area contributed by atoms with Gasteiger partial charge in [0.05, 0.1) is 11.6 Å². The first-order chi connectivity index (χ1) is 9.63. The fraction of sp³-hybridized carbons (Fsp3) is 0.143. The first kappa shape index (κ1) is 13.2. The smallest absolute Gasteiger partial charge is 0.275 e. The fourth-order valence-corrected chi connectivity index (χ4v) is 2.37. The molecule has 2 aromatic rings. The summed E-state index contributed by atoms with van der Waals surface area (Å²) in [6, 6.07) is 8.58. The largest absolute Gasteiger partial charge is 0.493 e. The average molecular weight is 309 g/mol. The highest BCUT2D eigenvalue weighted by atomic mass is 35.5. The molecule has 2 heterocycles. The molecule has 3 rings (SSSR count). The van der Waals surface area contributed by atoms with Gasteiger partial charge in [0.15, 0.2) is 0 Å². The molecule has 1 amide bonds. The van der Waals surface area contributed by atoms with Crippen LogP contribution in [0.15, 0.2) is 30.3 Å². The lowest BCUT2D eigenvalue weighted by Gasteiger charge is -2.07. The number of nitrogens with one attached hydrogen (secondary N) is 1. The first-order valence-electron chi connectivity index (χ1n) is 6.02. The van der Waals surface area contributed by atoms with E-state index in [9.17, 15) is 4.79 Å². The number of fused-ring (bicyclic) bond motifs is 1. The minimum atomic E-state index is -0.392. The van der Waals surface area contributed by atoms with E-state index in [1.807, 2.05) is 12.1 Å². The number of aromatic nitrogens is 1. The molecule has 0 radical (unpaired) electrons. The predicted molar refractivity (Wildman–Crippen MR) is 77.9 cm³/mol. The number of ether oxygens (including phenoxy) is 1. The summed E-state index contributed by atoms with van der Waals surface area (Å²) in [6.45, 7) is 0.675. The molecule has 1 aromatic carbocycles. The van der Waals surface area contributed by atoms with Gasteiger partial charge in [0, 0.05) is 12.1 Å². The van der Waals surface area contributed by atoms with Crippen molar-refractivity contribution in [1.29, 1.82) is 0 Å². The van der Waals surface area contributed by atoms with Crippen molar-refractivity contribution in [3.8, 4) is 5.75 Å². The molecule has 0 saturated carbocycles. The third-order valence-corrected chi connectivity index (χ3v) is 3.49. The molecule has 0 saturated heterocycles. The highest BCUT2D eigenvalue weighted by molar-refractivity contribution is 6.35. The van der Waals surface area contributed by atoms with Crippen LogP contribution < -0.4 is 10.1 Å². The zero-order valence-corrected chi connectivity index (χ0v) is 11.8. The number of hydrogen-bond acceptors (Lipinski definition) is 3. The van der Waals surface area contributed by atoms with Crippen molar-refractivity contribution in [1.82, 2.24) is 4.98 Å². The minimum Gasteiger partial charge on any atom is -0.493 e. The Morgan fingerprint density at radius 2 is 2.10 bits per heavy atom. The summed E-state index contributed by atoms with van der Waals surface area (Å²) in [4.78, 5) is 16.1. The maximum absolute atomic E-state index is 12.1. The first-order valence-corrected chi connectivity index (χ1v) is 6.78. The fourth-order valence-electron chi connectivity index (χ4n) is 2.03. The van der Waals surface area contributed by atoms with Gasteiger partial charge >= 0.3 is 0 Å². The summed E-state index contributed by atoms with van der Waals surface area (Å²) < 4.78 is 5.41. The van der Waals surface area contributed by atoms with Crippen LogP contribution in [-0.4, -0.2) is 17.5 Å². The molecule has 0 aliphatic carbocycles. The number of anilines is 1. The van der Waals surface area contributed by atoms with Crippen molar-refractivity contribution >= 4 is 34.8 Å². The third kappa shape index (κ3) is 2.57. The quantitative estimate of drug-likeness (QED) is 0.863. The Labute approximate surface area is 125 Å². The molecular weight excluding hydrogens is 299 g/mol. The SMILES string of the molecule is O=C(Nc1ccc2c(c1)CCO2)c1nc(Cl)ccc1Cl. The van der Waals surface area contributed by atoms with Crippen LogP contribution in [0.25, 0.3) is 0 Å². The molecule has 4 nitrogen and oxygen atoms in total. The molecule has 1 aliphatic rings. The van der Waals surface area contributed by atoms with Crippen LogP contribution in [0.5, 0.6) is 5.75 Å². The van der Waals surface area contributed by atoms with Crippen molar-refractivity contribution in [2.75, 3.05) is 11.9 Å². The van der Waals surface area contributed by atoms with Gasteiger partial charge in [-0.15, -0.1) is 0 Å². The lowest BCUT2D eigenvalue weighted by Crippen LogP contribution is -2.14. The van der Waals surface area contributed by atoms with Crippen molar-refractivity contribution in [3.05, 3.63) is 51.8 Å². The van der Waals surface area contributed by atoms with Crippen LogP contribution >= 0.6 is 23.2 Å². The average Bonchev–Trinajstić information content (AvgIpc) is 2.89. The van der Waals surface area contributed by atoms with Gasteiger partial charge in [-0.1, -0.05) is 23.2 Å². The Kier molecular flexibility index (Phi) is 3.51. The van der Waals surface area contributed by atoms with Crippen LogP contribution in [0.1, 0.15) is 16.1 Å². The van der Waals surface area contributed by atoms with Crippen LogP contribution in [0.2, 0.25) is 10.2 Å². The molecule has 0 spiro atoms. The van der Waals surface area contributed by atoms with Gasteiger partial charge in [-0.2, -0.15) is 0 Å². The summed E-state index contributed by atoms with van der Waals surface area (Å²) in [5.41, 5.74) is 1.86. The van der Waals surface area contributed by atoms with E-state index < -0.39 is 5.91 Å². The number of amides is 1. The molecule has 0 fully saturated rings. The van der Waals surface area contributed by atoms with E-state index >= 15 is 0 Å². The zero-order chi connectivity index (χ0) is 14.1. The van der Waals surface area contributed by atoms with Gasteiger partial charge in [-0.05, 0) is 35.9 Å². The Bertz CT molecular complexity index is 689. The summed E-state index contributed by atoms with van der Waals surface area (Å²) in [7, 11) is 0. The Hall–Kier alpha value is -1.78. The Morgan fingerprint density at radius 3 is 2.95 bits per heavy atom. The summed E-state index contributed by atoms with van der Waals surface area (Å²) in [6.07, 6.45) is 0.842. The predicted octanol–water partition coefficient (Wildman–Crippen LogP) is 3.58. The monoisotopic (exact) mass is 308 g/mol. The molecule has 1 aliphatic heterocycles. The molecule has 1 N–H and O–H groups in total. The van der Waals surface area contributed by atoms with Crippen molar-refractivity contribution in [2.45, 2.75) is 6.42 Å². The minimum absolute atomic E-state index is 0.107. The van der Waals surface area contributed by atoms with E-state index in [1.54, 1.807) is 12.1 Å². The van der Waals surface area contributed by atoms with Crippen LogP contribution in [0.3, 0.4) is 0 Å². The van der Waals surface area contributed by atoms with E-state index in [2.05, 4.69) is 10.3 Å². The number of pyridine rings is 1. The van der Waals surface area contributed by atoms with Gasteiger partial charge in [-0.3, -0.25) is 4.79 Å². The molecule has 102 valence electrons. The summed E-state index contributed by atoms with van der Waals surface area (Å²) in [5, 5.41) is 3.24. The molecule has 0 bridgehead atoms. The molecule has 1 aromatic heterocycles. The van der Waals surface area contributed by atoms with Gasteiger partial charge in [0.25, 0.3) is 5.91 Å². The van der Waals surface area contributed by atoms with Crippen LogP contribution in [-0.2, 0) is 6.42 Å². The van der Waals surface area contributed by atoms with E-state index in [1.165, 1.54) is 6.07 Å². The normalized spacial score (nSPS) is 12.7. The van der Waals surface area contributed by atoms with Crippen molar-refractivity contribution in [3.63, 3.8) is 0 Å². The van der Waals surface area contributed by atoms with Crippen LogP contribution in [0.4, 0.5) is 5.69 Å². The highest BCUT2D eigenvalue weighted by Gasteiger charge is 2.16. The maximum Gasteiger partial charge on any atom is 0.275 e. The molecule has 20 heavy (non-hydrogen) atoms. The van der Waals surface area contributed by atoms with Crippen LogP contribution in [0, 0.1) is 0 Å². The Balaban J connectivity index is 1.84. The zero-order valence-electron chi connectivity index (χ0n) is 10.3. The number of hydrogen-bond donors (Lipinski definition) is 1. The second-order valence-corrected chi connectivity index (χ2v) is 5.13. The topological polar surface area (TPSA) is 51.2 Å². The summed E-state index contributed by atoms with van der Waals surface area (Å²) >= 11 is 11.7. The third-order valence-electron chi connectivity index (χ3n) is 2.97. The Morgan fingerprint density at radius 1 is 1.25 bits per heavy atom. The lowest BCUT2D eigenvalue weighted by molar-refractivity contribution is 0.102. The molecule has 0 unspecified atom stereocenters. The number of nitrogens with zero attached hydrogens (tertiary/aromatic N) is 1.